The van der Waals surface area contributed by atoms with Crippen molar-refractivity contribution in [3.8, 4) is 0 Å². The van der Waals surface area contributed by atoms with Crippen LogP contribution in [0.3, 0.4) is 0 Å². The maximum atomic E-state index is 10.7. The summed E-state index contributed by atoms with van der Waals surface area (Å²) in [7, 11) is 0. The van der Waals surface area contributed by atoms with E-state index < -0.39 is 11.9 Å². The summed E-state index contributed by atoms with van der Waals surface area (Å²) in [6.07, 6.45) is 0.973. The molecular formula is C14H18O4S. The van der Waals surface area contributed by atoms with Crippen LogP contribution >= 0.6 is 11.8 Å². The van der Waals surface area contributed by atoms with Gasteiger partial charge in [-0.3, -0.25) is 9.59 Å². The Kier molecular flexibility index (Phi) is 6.42. The first-order valence-electron chi connectivity index (χ1n) is 6.13. The largest absolute Gasteiger partial charge is 0.481 e. The smallest absolute Gasteiger partial charge is 0.304 e. The van der Waals surface area contributed by atoms with Crippen molar-refractivity contribution in [2.75, 3.05) is 5.75 Å². The predicted molar refractivity (Wildman–Crippen MR) is 74.5 cm³/mol. The molecule has 104 valence electrons. The number of benzene rings is 1. The van der Waals surface area contributed by atoms with E-state index >= 15 is 0 Å². The summed E-state index contributed by atoms with van der Waals surface area (Å²) >= 11 is 1.51. The molecular weight excluding hydrogens is 264 g/mol. The lowest BCUT2D eigenvalue weighted by Gasteiger charge is -2.12. The average molecular weight is 282 g/mol. The fourth-order valence-corrected chi connectivity index (χ4v) is 2.82. The second kappa shape index (κ2) is 7.84. The van der Waals surface area contributed by atoms with Gasteiger partial charge in [-0.1, -0.05) is 25.1 Å². The molecule has 1 aromatic rings. The van der Waals surface area contributed by atoms with E-state index in [9.17, 15) is 9.59 Å². The van der Waals surface area contributed by atoms with E-state index in [1.165, 1.54) is 11.8 Å². The van der Waals surface area contributed by atoms with Gasteiger partial charge in [-0.05, 0) is 24.0 Å². The lowest BCUT2D eigenvalue weighted by molar-refractivity contribution is -0.138. The minimum absolute atomic E-state index is 0.0683. The Labute approximate surface area is 116 Å². The number of rotatable bonds is 8. The lowest BCUT2D eigenvalue weighted by atomic mass is 9.98. The summed E-state index contributed by atoms with van der Waals surface area (Å²) in [4.78, 5) is 22.2. The van der Waals surface area contributed by atoms with E-state index in [4.69, 9.17) is 10.2 Å². The highest BCUT2D eigenvalue weighted by Gasteiger charge is 2.11. The second-order valence-corrected chi connectivity index (χ2v) is 5.64. The Balaban J connectivity index is 2.61. The number of hydrogen-bond acceptors (Lipinski definition) is 3. The monoisotopic (exact) mass is 282 g/mol. The van der Waals surface area contributed by atoms with Crippen molar-refractivity contribution in [3.05, 3.63) is 29.8 Å². The van der Waals surface area contributed by atoms with Gasteiger partial charge >= 0.3 is 11.9 Å². The normalized spacial score (nSPS) is 12.1. The molecule has 0 aromatic heterocycles. The molecule has 0 saturated heterocycles. The molecule has 0 bridgehead atoms. The summed E-state index contributed by atoms with van der Waals surface area (Å²) in [5, 5.41) is 17.4. The first-order valence-corrected chi connectivity index (χ1v) is 7.12. The molecule has 0 fully saturated rings. The van der Waals surface area contributed by atoms with Gasteiger partial charge in [0.1, 0.15) is 0 Å². The van der Waals surface area contributed by atoms with Crippen molar-refractivity contribution in [2.24, 2.45) is 5.92 Å². The molecule has 1 aromatic carbocycles. The fourth-order valence-electron chi connectivity index (χ4n) is 1.81. The van der Waals surface area contributed by atoms with Crippen LogP contribution in [0.15, 0.2) is 29.2 Å². The van der Waals surface area contributed by atoms with Crippen molar-refractivity contribution >= 4 is 23.7 Å². The zero-order chi connectivity index (χ0) is 14.3. The highest BCUT2D eigenvalue weighted by molar-refractivity contribution is 7.99. The van der Waals surface area contributed by atoms with Crippen molar-refractivity contribution in [1.82, 2.24) is 0 Å². The molecule has 1 unspecified atom stereocenters. The van der Waals surface area contributed by atoms with Crippen LogP contribution in [0, 0.1) is 5.92 Å². The Hall–Kier alpha value is -1.49. The first kappa shape index (κ1) is 15.6. The van der Waals surface area contributed by atoms with E-state index in [1.54, 1.807) is 0 Å². The molecule has 0 aliphatic carbocycles. The minimum Gasteiger partial charge on any atom is -0.481 e. The minimum atomic E-state index is -0.802. The lowest BCUT2D eigenvalue weighted by Crippen LogP contribution is -2.07. The molecule has 1 atom stereocenters. The number of carboxylic acid groups (broad SMARTS) is 2. The molecule has 5 heteroatoms. The van der Waals surface area contributed by atoms with Crippen LogP contribution in [0.25, 0.3) is 0 Å². The van der Waals surface area contributed by atoms with Gasteiger partial charge in [0.25, 0.3) is 0 Å². The van der Waals surface area contributed by atoms with Crippen LogP contribution in [0.4, 0.5) is 0 Å². The zero-order valence-electron chi connectivity index (χ0n) is 10.8. The highest BCUT2D eigenvalue weighted by Crippen LogP contribution is 2.26. The highest BCUT2D eigenvalue weighted by atomic mass is 32.2. The van der Waals surface area contributed by atoms with Crippen LogP contribution in [-0.2, 0) is 16.0 Å². The Morgan fingerprint density at radius 2 is 1.89 bits per heavy atom. The Morgan fingerprint density at radius 1 is 1.21 bits per heavy atom. The third-order valence-electron chi connectivity index (χ3n) is 2.64. The summed E-state index contributed by atoms with van der Waals surface area (Å²) < 4.78 is 0. The molecule has 19 heavy (non-hydrogen) atoms. The van der Waals surface area contributed by atoms with Crippen molar-refractivity contribution in [1.29, 1.82) is 0 Å². The SMILES string of the molecule is CC(CC(=O)O)Cc1ccccc1SCCC(=O)O. The third kappa shape index (κ3) is 6.29. The van der Waals surface area contributed by atoms with E-state index in [-0.39, 0.29) is 18.8 Å². The second-order valence-electron chi connectivity index (χ2n) is 4.51. The Morgan fingerprint density at radius 3 is 2.53 bits per heavy atom. The summed E-state index contributed by atoms with van der Waals surface area (Å²) in [6, 6.07) is 7.76. The summed E-state index contributed by atoms with van der Waals surface area (Å²) in [6.45, 7) is 1.91. The molecule has 0 heterocycles. The number of carbonyl (C=O) groups is 2. The van der Waals surface area contributed by atoms with Crippen molar-refractivity contribution in [3.63, 3.8) is 0 Å². The summed E-state index contributed by atoms with van der Waals surface area (Å²) in [5.74, 6) is -0.994. The zero-order valence-corrected chi connectivity index (χ0v) is 11.7. The van der Waals surface area contributed by atoms with Crippen LogP contribution in [0.5, 0.6) is 0 Å². The molecule has 0 saturated carbocycles. The molecule has 0 spiro atoms. The van der Waals surface area contributed by atoms with Crippen LogP contribution in [0.1, 0.15) is 25.3 Å². The quantitative estimate of drug-likeness (QED) is 0.717. The fraction of sp³-hybridized carbons (Fsp3) is 0.429. The van der Waals surface area contributed by atoms with Crippen molar-refractivity contribution < 1.29 is 19.8 Å². The van der Waals surface area contributed by atoms with Gasteiger partial charge in [-0.25, -0.2) is 0 Å². The van der Waals surface area contributed by atoms with Gasteiger partial charge in [-0.2, -0.15) is 0 Å². The number of carboxylic acids is 2. The molecule has 4 nitrogen and oxygen atoms in total. The van der Waals surface area contributed by atoms with Gasteiger partial charge in [-0.15, -0.1) is 11.8 Å². The number of aliphatic carboxylic acids is 2. The van der Waals surface area contributed by atoms with E-state index in [2.05, 4.69) is 0 Å². The molecule has 1 rings (SSSR count). The average Bonchev–Trinajstić information content (AvgIpc) is 2.29. The molecule has 0 aliphatic rings. The van der Waals surface area contributed by atoms with E-state index in [1.807, 2.05) is 31.2 Å². The standard InChI is InChI=1S/C14H18O4S/c1-10(9-14(17)18)8-11-4-2-3-5-12(11)19-7-6-13(15)16/h2-5,10H,6-9H2,1H3,(H,15,16)(H,17,18). The van der Waals surface area contributed by atoms with Gasteiger partial charge in [0.15, 0.2) is 0 Å². The topological polar surface area (TPSA) is 74.6 Å². The maximum absolute atomic E-state index is 10.7. The molecule has 2 N–H and O–H groups in total. The van der Waals surface area contributed by atoms with Crippen molar-refractivity contribution in [2.45, 2.75) is 31.1 Å². The van der Waals surface area contributed by atoms with Crippen LogP contribution in [-0.4, -0.2) is 27.9 Å². The number of hydrogen-bond donors (Lipinski definition) is 2. The van der Waals surface area contributed by atoms with Crippen LogP contribution < -0.4 is 0 Å². The third-order valence-corrected chi connectivity index (χ3v) is 3.76. The number of thioether (sulfide) groups is 1. The van der Waals surface area contributed by atoms with Gasteiger partial charge < -0.3 is 10.2 Å². The first-order chi connectivity index (χ1) is 8.99. The van der Waals surface area contributed by atoms with E-state index in [0.717, 1.165) is 10.5 Å². The van der Waals surface area contributed by atoms with Crippen LogP contribution in [0.2, 0.25) is 0 Å². The summed E-state index contributed by atoms with van der Waals surface area (Å²) in [5.41, 5.74) is 1.09. The van der Waals surface area contributed by atoms with Gasteiger partial charge in [0.05, 0.1) is 6.42 Å². The van der Waals surface area contributed by atoms with Gasteiger partial charge in [0.2, 0.25) is 0 Å². The van der Waals surface area contributed by atoms with Gasteiger partial charge in [0, 0.05) is 17.1 Å². The molecule has 0 aliphatic heterocycles. The van der Waals surface area contributed by atoms with E-state index in [0.29, 0.717) is 12.2 Å². The Bertz CT molecular complexity index is 445. The molecule has 0 radical (unpaired) electrons. The maximum Gasteiger partial charge on any atom is 0.304 e. The predicted octanol–water partition coefficient (Wildman–Crippen LogP) is 2.91. The molecule has 0 amide bonds.